The molecule has 2 fully saturated rings. The highest BCUT2D eigenvalue weighted by molar-refractivity contribution is 7.89. The molecule has 0 aromatic heterocycles. The summed E-state index contributed by atoms with van der Waals surface area (Å²) in [5.41, 5.74) is -0.341. The second kappa shape index (κ2) is 8.45. The minimum atomic E-state index is -4.51. The molecule has 172 valence electrons. The Bertz CT molecular complexity index is 1110. The summed E-state index contributed by atoms with van der Waals surface area (Å²) in [6.45, 7) is -0.0167. The molecule has 2 aromatic carbocycles. The van der Waals surface area contributed by atoms with Gasteiger partial charge in [0.1, 0.15) is 5.82 Å². The average Bonchev–Trinajstić information content (AvgIpc) is 3.10. The van der Waals surface area contributed by atoms with E-state index in [1.54, 1.807) is 6.07 Å². The molecule has 0 N–H and O–H groups in total. The van der Waals surface area contributed by atoms with E-state index in [9.17, 15) is 30.8 Å². The number of hydrogen-bond acceptors (Lipinski definition) is 4. The van der Waals surface area contributed by atoms with E-state index < -0.39 is 45.6 Å². The topological polar surface area (TPSA) is 66.9 Å². The SMILES string of the molecule is O=C(c1ccc(C(F)(F)F)cc1)N1C[C@@H]2OCCS(=O)(=O)N(Cc3cccc(F)c3)[C@@H]2C1. The van der Waals surface area contributed by atoms with Crippen LogP contribution in [0.5, 0.6) is 0 Å². The molecular weight excluding hydrogens is 452 g/mol. The van der Waals surface area contributed by atoms with E-state index in [-0.39, 0.29) is 37.6 Å². The quantitative estimate of drug-likeness (QED) is 0.645. The lowest BCUT2D eigenvalue weighted by Gasteiger charge is -2.28. The number of sulfonamides is 1. The van der Waals surface area contributed by atoms with Crippen molar-refractivity contribution in [3.8, 4) is 0 Å². The molecule has 0 bridgehead atoms. The van der Waals surface area contributed by atoms with E-state index in [0.717, 1.165) is 24.3 Å². The number of hydrogen-bond donors (Lipinski definition) is 0. The molecule has 2 aliphatic rings. The van der Waals surface area contributed by atoms with Gasteiger partial charge in [-0.1, -0.05) is 12.1 Å². The maximum absolute atomic E-state index is 13.6. The van der Waals surface area contributed by atoms with Gasteiger partial charge in [-0.3, -0.25) is 4.79 Å². The number of amides is 1. The van der Waals surface area contributed by atoms with E-state index in [4.69, 9.17) is 4.74 Å². The van der Waals surface area contributed by atoms with Gasteiger partial charge in [0.05, 0.1) is 30.1 Å². The fourth-order valence-corrected chi connectivity index (χ4v) is 5.51. The molecular formula is C21H20F4N2O4S. The molecule has 1 amide bonds. The Morgan fingerprint density at radius 1 is 1.09 bits per heavy atom. The smallest absolute Gasteiger partial charge is 0.374 e. The van der Waals surface area contributed by atoms with Crippen molar-refractivity contribution in [3.63, 3.8) is 0 Å². The van der Waals surface area contributed by atoms with E-state index in [1.165, 1.54) is 27.4 Å². The predicted molar refractivity (Wildman–Crippen MR) is 107 cm³/mol. The molecule has 11 heteroatoms. The maximum atomic E-state index is 13.6. The molecule has 0 aliphatic carbocycles. The summed E-state index contributed by atoms with van der Waals surface area (Å²) in [4.78, 5) is 14.3. The lowest BCUT2D eigenvalue weighted by atomic mass is 10.1. The molecule has 6 nitrogen and oxygen atoms in total. The summed E-state index contributed by atoms with van der Waals surface area (Å²) in [6, 6.07) is 8.77. The Morgan fingerprint density at radius 3 is 2.47 bits per heavy atom. The summed E-state index contributed by atoms with van der Waals surface area (Å²) in [7, 11) is -3.74. The standard InChI is InChI=1S/C21H20F4N2O4S/c22-17-3-1-2-14(10-17)11-27-18-12-26(13-19(18)31-8-9-32(27,29)30)20(28)15-4-6-16(7-5-15)21(23,24)25/h1-7,10,18-19H,8-9,11-13H2/t18-,19+/m1/s1. The van der Waals surface area contributed by atoms with Gasteiger partial charge in [-0.15, -0.1) is 0 Å². The van der Waals surface area contributed by atoms with Crippen LogP contribution in [0.15, 0.2) is 48.5 Å². The van der Waals surface area contributed by atoms with Gasteiger partial charge in [0.15, 0.2) is 0 Å². The molecule has 2 aromatic rings. The molecule has 0 saturated carbocycles. The van der Waals surface area contributed by atoms with Crippen molar-refractivity contribution >= 4 is 15.9 Å². The second-order valence-corrected chi connectivity index (χ2v) is 9.79. The molecule has 2 aliphatic heterocycles. The monoisotopic (exact) mass is 472 g/mol. The van der Waals surface area contributed by atoms with Crippen LogP contribution in [-0.2, 0) is 27.5 Å². The summed E-state index contributed by atoms with van der Waals surface area (Å²) < 4.78 is 84.6. The van der Waals surface area contributed by atoms with Crippen LogP contribution in [0.3, 0.4) is 0 Å². The van der Waals surface area contributed by atoms with Crippen LogP contribution in [0, 0.1) is 5.82 Å². The highest BCUT2D eigenvalue weighted by Crippen LogP contribution is 2.31. The summed E-state index contributed by atoms with van der Waals surface area (Å²) >= 11 is 0. The molecule has 32 heavy (non-hydrogen) atoms. The van der Waals surface area contributed by atoms with Crippen molar-refractivity contribution in [3.05, 3.63) is 71.0 Å². The molecule has 2 saturated heterocycles. The lowest BCUT2D eigenvalue weighted by molar-refractivity contribution is -0.137. The average molecular weight is 472 g/mol. The van der Waals surface area contributed by atoms with Crippen molar-refractivity contribution in [2.75, 3.05) is 25.4 Å². The van der Waals surface area contributed by atoms with E-state index in [0.29, 0.717) is 5.56 Å². The fraction of sp³-hybridized carbons (Fsp3) is 0.381. The number of ether oxygens (including phenoxy) is 1. The third-order valence-electron chi connectivity index (χ3n) is 5.61. The number of carbonyl (C=O) groups is 1. The van der Waals surface area contributed by atoms with Gasteiger partial charge in [-0.2, -0.15) is 17.5 Å². The highest BCUT2D eigenvalue weighted by Gasteiger charge is 2.45. The van der Waals surface area contributed by atoms with Crippen LogP contribution >= 0.6 is 0 Å². The first kappa shape index (κ1) is 22.7. The number of benzene rings is 2. The Kier molecular flexibility index (Phi) is 5.99. The number of nitrogens with zero attached hydrogens (tertiary/aromatic N) is 2. The van der Waals surface area contributed by atoms with Crippen LogP contribution in [0.1, 0.15) is 21.5 Å². The van der Waals surface area contributed by atoms with E-state index in [1.807, 2.05) is 0 Å². The zero-order valence-corrected chi connectivity index (χ0v) is 17.6. The zero-order chi connectivity index (χ0) is 23.1. The number of fused-ring (bicyclic) bond motifs is 1. The first-order valence-electron chi connectivity index (χ1n) is 9.87. The third kappa shape index (κ3) is 4.64. The molecule has 0 spiro atoms. The Hall–Kier alpha value is -2.50. The van der Waals surface area contributed by atoms with Gasteiger partial charge < -0.3 is 9.64 Å². The number of carbonyl (C=O) groups excluding carboxylic acids is 1. The molecule has 2 atom stereocenters. The van der Waals surface area contributed by atoms with Gasteiger partial charge in [-0.25, -0.2) is 12.8 Å². The fourth-order valence-electron chi connectivity index (χ4n) is 4.01. The third-order valence-corrected chi connectivity index (χ3v) is 7.41. The first-order chi connectivity index (χ1) is 15.0. The van der Waals surface area contributed by atoms with Gasteiger partial charge in [0.2, 0.25) is 10.0 Å². The van der Waals surface area contributed by atoms with Crippen LogP contribution in [0.2, 0.25) is 0 Å². The van der Waals surface area contributed by atoms with Gasteiger partial charge >= 0.3 is 6.18 Å². The van der Waals surface area contributed by atoms with Crippen LogP contribution in [0.4, 0.5) is 17.6 Å². The van der Waals surface area contributed by atoms with Crippen molar-refractivity contribution in [1.82, 2.24) is 9.21 Å². The van der Waals surface area contributed by atoms with Crippen LogP contribution in [0.25, 0.3) is 0 Å². The van der Waals surface area contributed by atoms with Crippen molar-refractivity contribution in [1.29, 1.82) is 0 Å². The summed E-state index contributed by atoms with van der Waals surface area (Å²) in [6.07, 6.45) is -5.11. The highest BCUT2D eigenvalue weighted by atomic mass is 32.2. The van der Waals surface area contributed by atoms with Crippen molar-refractivity contribution < 1.29 is 35.5 Å². The molecule has 0 unspecified atom stereocenters. The molecule has 0 radical (unpaired) electrons. The number of alkyl halides is 3. The number of rotatable bonds is 3. The van der Waals surface area contributed by atoms with E-state index in [2.05, 4.69) is 0 Å². The van der Waals surface area contributed by atoms with E-state index >= 15 is 0 Å². The lowest BCUT2D eigenvalue weighted by Crippen LogP contribution is -2.45. The Balaban J connectivity index is 1.56. The minimum Gasteiger partial charge on any atom is -0.374 e. The Morgan fingerprint density at radius 2 is 1.81 bits per heavy atom. The Labute approximate surface area is 182 Å². The first-order valence-corrected chi connectivity index (χ1v) is 11.5. The van der Waals surface area contributed by atoms with Crippen molar-refractivity contribution in [2.45, 2.75) is 24.9 Å². The molecule has 4 rings (SSSR count). The maximum Gasteiger partial charge on any atom is 0.416 e. The number of likely N-dealkylation sites (tertiary alicyclic amines) is 1. The predicted octanol–water partition coefficient (Wildman–Crippen LogP) is 2.90. The zero-order valence-electron chi connectivity index (χ0n) is 16.8. The normalized spacial score (nSPS) is 23.6. The largest absolute Gasteiger partial charge is 0.416 e. The van der Waals surface area contributed by atoms with Gasteiger partial charge in [0.25, 0.3) is 5.91 Å². The molecule has 2 heterocycles. The van der Waals surface area contributed by atoms with Crippen molar-refractivity contribution in [2.24, 2.45) is 0 Å². The number of halogens is 4. The van der Waals surface area contributed by atoms with Crippen LogP contribution < -0.4 is 0 Å². The van der Waals surface area contributed by atoms with Gasteiger partial charge in [-0.05, 0) is 42.0 Å². The second-order valence-electron chi connectivity index (χ2n) is 7.75. The summed E-state index contributed by atoms with van der Waals surface area (Å²) in [5.74, 6) is -1.24. The van der Waals surface area contributed by atoms with Crippen LogP contribution in [-0.4, -0.2) is 61.1 Å². The summed E-state index contributed by atoms with van der Waals surface area (Å²) in [5, 5.41) is 0. The van der Waals surface area contributed by atoms with Gasteiger partial charge in [0, 0.05) is 25.2 Å². The minimum absolute atomic E-state index is 0.0130.